The van der Waals surface area contributed by atoms with Crippen molar-refractivity contribution in [3.8, 4) is 0 Å². The number of carbonyl (C=O) groups is 1. The van der Waals surface area contributed by atoms with Crippen molar-refractivity contribution in [3.63, 3.8) is 0 Å². The van der Waals surface area contributed by atoms with Crippen LogP contribution in [0.5, 0.6) is 0 Å². The monoisotopic (exact) mass is 296 g/mol. The maximum Gasteiger partial charge on any atom is 0.398 e. The third kappa shape index (κ3) is 10.9. The average Bonchev–Trinajstić information content (AvgIpc) is 2.32. The fourth-order valence-corrected chi connectivity index (χ4v) is 2.00. The van der Waals surface area contributed by atoms with Crippen LogP contribution in [0.1, 0.15) is 58.8 Å². The van der Waals surface area contributed by atoms with Gasteiger partial charge in [0.15, 0.2) is 6.10 Å². The molecule has 0 aromatic heterocycles. The molecule has 7 heteroatoms. The number of esters is 1. The zero-order valence-corrected chi connectivity index (χ0v) is 12.4. The molecule has 0 heterocycles. The Kier molecular flexibility index (Phi) is 9.81. The summed E-state index contributed by atoms with van der Waals surface area (Å²) in [4.78, 5) is 11.6. The fourth-order valence-electron chi connectivity index (χ4n) is 1.54. The molecule has 1 N–H and O–H groups in total. The van der Waals surface area contributed by atoms with Crippen molar-refractivity contribution in [2.45, 2.75) is 64.9 Å². The molecular weight excluding hydrogens is 272 g/mol. The van der Waals surface area contributed by atoms with Gasteiger partial charge in [0.2, 0.25) is 0 Å². The molecule has 0 saturated heterocycles. The van der Waals surface area contributed by atoms with Gasteiger partial charge in [0, 0.05) is 0 Å². The first-order valence-corrected chi connectivity index (χ1v) is 8.09. The van der Waals surface area contributed by atoms with Gasteiger partial charge < -0.3 is 4.74 Å². The topological polar surface area (TPSA) is 89.9 Å². The molecule has 114 valence electrons. The summed E-state index contributed by atoms with van der Waals surface area (Å²) in [6.07, 6.45) is 4.22. The fraction of sp³-hybridized carbons (Fsp3) is 0.917. The van der Waals surface area contributed by atoms with Crippen LogP contribution in [-0.4, -0.2) is 31.7 Å². The van der Waals surface area contributed by atoms with Gasteiger partial charge in [-0.3, -0.25) is 4.55 Å². The van der Waals surface area contributed by atoms with E-state index in [1.54, 1.807) is 0 Å². The lowest BCUT2D eigenvalue weighted by Crippen LogP contribution is -2.29. The summed E-state index contributed by atoms with van der Waals surface area (Å²) in [6.45, 7) is 4.23. The predicted molar refractivity (Wildman–Crippen MR) is 71.0 cm³/mol. The van der Waals surface area contributed by atoms with E-state index < -0.39 is 22.5 Å². The van der Waals surface area contributed by atoms with E-state index in [4.69, 9.17) is 9.29 Å². The van der Waals surface area contributed by atoms with Crippen LogP contribution < -0.4 is 0 Å². The number of unbranched alkanes of at least 4 members (excludes halogenated alkanes) is 4. The van der Waals surface area contributed by atoms with Crippen LogP contribution >= 0.6 is 0 Å². The van der Waals surface area contributed by atoms with Gasteiger partial charge in [-0.1, -0.05) is 46.0 Å². The summed E-state index contributed by atoms with van der Waals surface area (Å²) in [5.74, 6) is -0.734. The molecule has 19 heavy (non-hydrogen) atoms. The maximum absolute atomic E-state index is 11.6. The van der Waals surface area contributed by atoms with Gasteiger partial charge in [-0.15, -0.1) is 0 Å². The molecule has 0 fully saturated rings. The van der Waals surface area contributed by atoms with Crippen LogP contribution in [0.3, 0.4) is 0 Å². The van der Waals surface area contributed by atoms with Crippen molar-refractivity contribution in [2.75, 3.05) is 6.61 Å². The van der Waals surface area contributed by atoms with Gasteiger partial charge in [0.25, 0.3) is 0 Å². The Balaban J connectivity index is 4.15. The Labute approximate surface area is 115 Å². The number of hydrogen-bond donors (Lipinski definition) is 1. The van der Waals surface area contributed by atoms with Gasteiger partial charge in [-0.25, -0.2) is 8.98 Å². The molecule has 0 saturated carbocycles. The van der Waals surface area contributed by atoms with Crippen LogP contribution in [0.4, 0.5) is 0 Å². The quantitative estimate of drug-likeness (QED) is 0.358. The first-order valence-electron chi connectivity index (χ1n) is 6.73. The SMILES string of the molecule is CCCCCCOC(=O)C(CCCC)OS(=O)(=O)O. The van der Waals surface area contributed by atoms with Crippen LogP contribution in [0, 0.1) is 0 Å². The summed E-state index contributed by atoms with van der Waals surface area (Å²) < 4.78 is 39.2. The van der Waals surface area contributed by atoms with Crippen LogP contribution in [0.15, 0.2) is 0 Å². The molecule has 0 bridgehead atoms. The molecule has 0 rings (SSSR count). The van der Waals surface area contributed by atoms with Crippen molar-refractivity contribution < 1.29 is 26.7 Å². The lowest BCUT2D eigenvalue weighted by Gasteiger charge is -2.14. The standard InChI is InChI=1S/C12H24O6S/c1-3-5-7-8-10-17-12(13)11(9-6-4-2)18-19(14,15)16/h11H,3-10H2,1-2H3,(H,14,15,16). The van der Waals surface area contributed by atoms with E-state index >= 15 is 0 Å². The molecule has 0 aliphatic carbocycles. The van der Waals surface area contributed by atoms with E-state index in [1.165, 1.54) is 0 Å². The lowest BCUT2D eigenvalue weighted by atomic mass is 10.1. The summed E-state index contributed by atoms with van der Waals surface area (Å²) in [7, 11) is -4.64. The molecule has 6 nitrogen and oxygen atoms in total. The molecule has 0 aliphatic rings. The van der Waals surface area contributed by atoms with E-state index in [2.05, 4.69) is 11.1 Å². The molecular formula is C12H24O6S. The summed E-state index contributed by atoms with van der Waals surface area (Å²) in [5.41, 5.74) is 0. The Morgan fingerprint density at radius 2 is 1.74 bits per heavy atom. The number of hydrogen-bond acceptors (Lipinski definition) is 5. The second-order valence-electron chi connectivity index (χ2n) is 4.38. The van der Waals surface area contributed by atoms with E-state index in [0.717, 1.165) is 32.1 Å². The van der Waals surface area contributed by atoms with Crippen molar-refractivity contribution >= 4 is 16.4 Å². The van der Waals surface area contributed by atoms with Gasteiger partial charge in [0.05, 0.1) is 6.61 Å². The number of rotatable bonds is 11. The molecule has 0 spiro atoms. The largest absolute Gasteiger partial charge is 0.464 e. The molecule has 0 aliphatic heterocycles. The van der Waals surface area contributed by atoms with Crippen molar-refractivity contribution in [3.05, 3.63) is 0 Å². The smallest absolute Gasteiger partial charge is 0.398 e. The molecule has 0 radical (unpaired) electrons. The Bertz CT molecular complexity index is 338. The highest BCUT2D eigenvalue weighted by Crippen LogP contribution is 2.10. The minimum absolute atomic E-state index is 0.212. The van der Waals surface area contributed by atoms with Crippen LogP contribution in [0.2, 0.25) is 0 Å². The summed E-state index contributed by atoms with van der Waals surface area (Å²) >= 11 is 0. The second-order valence-corrected chi connectivity index (χ2v) is 5.43. The summed E-state index contributed by atoms with van der Waals surface area (Å²) in [6, 6.07) is 0. The third-order valence-corrected chi connectivity index (χ3v) is 3.04. The number of carbonyl (C=O) groups excluding carboxylic acids is 1. The molecule has 0 amide bonds. The minimum atomic E-state index is -4.64. The maximum atomic E-state index is 11.6. The molecule has 0 aromatic carbocycles. The Morgan fingerprint density at radius 3 is 2.26 bits per heavy atom. The molecule has 1 atom stereocenters. The summed E-state index contributed by atoms with van der Waals surface area (Å²) in [5, 5.41) is 0. The molecule has 1 unspecified atom stereocenters. The van der Waals surface area contributed by atoms with Gasteiger partial charge >= 0.3 is 16.4 Å². The van der Waals surface area contributed by atoms with Crippen molar-refractivity contribution in [1.82, 2.24) is 0 Å². The van der Waals surface area contributed by atoms with Crippen molar-refractivity contribution in [1.29, 1.82) is 0 Å². The zero-order valence-electron chi connectivity index (χ0n) is 11.6. The normalized spacial score (nSPS) is 13.2. The minimum Gasteiger partial charge on any atom is -0.464 e. The second kappa shape index (κ2) is 10.2. The highest BCUT2D eigenvalue weighted by Gasteiger charge is 2.25. The highest BCUT2D eigenvalue weighted by molar-refractivity contribution is 7.80. The van der Waals surface area contributed by atoms with Gasteiger partial charge in [0.1, 0.15) is 0 Å². The highest BCUT2D eigenvalue weighted by atomic mass is 32.3. The van der Waals surface area contributed by atoms with Crippen LogP contribution in [-0.2, 0) is 24.1 Å². The van der Waals surface area contributed by atoms with E-state index in [1.807, 2.05) is 6.92 Å². The first-order chi connectivity index (χ1) is 8.90. The molecule has 0 aromatic rings. The third-order valence-electron chi connectivity index (χ3n) is 2.56. The van der Waals surface area contributed by atoms with Gasteiger partial charge in [-0.2, -0.15) is 8.42 Å². The predicted octanol–water partition coefficient (Wildman–Crippen LogP) is 2.49. The first kappa shape index (κ1) is 18.3. The van der Waals surface area contributed by atoms with E-state index in [0.29, 0.717) is 6.42 Å². The van der Waals surface area contributed by atoms with Crippen molar-refractivity contribution in [2.24, 2.45) is 0 Å². The lowest BCUT2D eigenvalue weighted by molar-refractivity contribution is -0.152. The zero-order chi connectivity index (χ0) is 14.7. The Morgan fingerprint density at radius 1 is 1.11 bits per heavy atom. The average molecular weight is 296 g/mol. The van der Waals surface area contributed by atoms with Crippen LogP contribution in [0.25, 0.3) is 0 Å². The number of ether oxygens (including phenoxy) is 1. The Hall–Kier alpha value is -0.660. The van der Waals surface area contributed by atoms with Gasteiger partial charge in [-0.05, 0) is 12.8 Å². The van der Waals surface area contributed by atoms with E-state index in [-0.39, 0.29) is 13.0 Å². The van der Waals surface area contributed by atoms with E-state index in [9.17, 15) is 13.2 Å².